The molecule has 4 rings (SSSR count). The Morgan fingerprint density at radius 3 is 2.52 bits per heavy atom. The topological polar surface area (TPSA) is 72.0 Å². The maximum Gasteiger partial charge on any atom is 0.258 e. The van der Waals surface area contributed by atoms with E-state index in [1.54, 1.807) is 6.07 Å². The standard InChI is InChI=1S/C20H15N3O2S2/c24-18(17-12-6-10-15-9-4-5-11-16(15)17)21-19-22-23-20(26-19)27(25)13-14-7-2-1-3-8-14/h1-12H,13H2,(H,21,22,24). The molecule has 5 nitrogen and oxygen atoms in total. The van der Waals surface area contributed by atoms with Crippen molar-refractivity contribution in [3.05, 3.63) is 83.9 Å². The highest BCUT2D eigenvalue weighted by atomic mass is 32.2. The zero-order valence-electron chi connectivity index (χ0n) is 14.2. The van der Waals surface area contributed by atoms with Gasteiger partial charge in [-0.2, -0.15) is 0 Å². The molecule has 0 saturated heterocycles. The Hall–Kier alpha value is -2.90. The number of carbonyl (C=O) groups is 1. The van der Waals surface area contributed by atoms with E-state index in [0.29, 0.717) is 20.8 Å². The molecule has 1 N–H and O–H groups in total. The van der Waals surface area contributed by atoms with Crippen molar-refractivity contribution in [1.82, 2.24) is 10.2 Å². The van der Waals surface area contributed by atoms with E-state index in [0.717, 1.165) is 27.7 Å². The number of aromatic nitrogens is 2. The zero-order valence-corrected chi connectivity index (χ0v) is 15.8. The number of anilines is 1. The van der Waals surface area contributed by atoms with Gasteiger partial charge in [0.1, 0.15) is 0 Å². The molecule has 1 unspecified atom stereocenters. The summed E-state index contributed by atoms with van der Waals surface area (Å²) in [7, 11) is -1.30. The summed E-state index contributed by atoms with van der Waals surface area (Å²) < 4.78 is 12.9. The molecule has 0 aliphatic rings. The molecular formula is C20H15N3O2S2. The smallest absolute Gasteiger partial charge is 0.258 e. The SMILES string of the molecule is O=C(Nc1nnc(S(=O)Cc2ccccc2)s1)c1cccc2ccccc12. The molecule has 4 aromatic rings. The van der Waals surface area contributed by atoms with Gasteiger partial charge in [0.25, 0.3) is 5.91 Å². The number of nitrogens with one attached hydrogen (secondary N) is 1. The zero-order chi connectivity index (χ0) is 18.6. The van der Waals surface area contributed by atoms with Crippen molar-refractivity contribution in [2.24, 2.45) is 0 Å². The first-order valence-electron chi connectivity index (χ1n) is 8.25. The Morgan fingerprint density at radius 2 is 1.67 bits per heavy atom. The van der Waals surface area contributed by atoms with Gasteiger partial charge >= 0.3 is 0 Å². The van der Waals surface area contributed by atoms with Crippen molar-refractivity contribution < 1.29 is 9.00 Å². The number of fused-ring (bicyclic) bond motifs is 1. The fourth-order valence-corrected chi connectivity index (χ4v) is 4.74. The third-order valence-electron chi connectivity index (χ3n) is 4.00. The molecule has 1 atom stereocenters. The Kier molecular flexibility index (Phi) is 5.04. The van der Waals surface area contributed by atoms with E-state index < -0.39 is 10.8 Å². The maximum absolute atomic E-state index is 12.7. The van der Waals surface area contributed by atoms with Crippen molar-refractivity contribution in [2.75, 3.05) is 5.32 Å². The lowest BCUT2D eigenvalue weighted by molar-refractivity contribution is 0.102. The molecule has 0 bridgehead atoms. The van der Waals surface area contributed by atoms with Crippen LogP contribution in [0.3, 0.4) is 0 Å². The number of carbonyl (C=O) groups excluding carboxylic acids is 1. The van der Waals surface area contributed by atoms with Crippen molar-refractivity contribution in [1.29, 1.82) is 0 Å². The molecule has 0 aliphatic carbocycles. The molecule has 134 valence electrons. The van der Waals surface area contributed by atoms with Crippen LogP contribution >= 0.6 is 11.3 Å². The van der Waals surface area contributed by atoms with Gasteiger partial charge in [0, 0.05) is 5.56 Å². The molecule has 0 saturated carbocycles. The normalized spacial score (nSPS) is 12.0. The fraction of sp³-hybridized carbons (Fsp3) is 0.0500. The Bertz CT molecular complexity index is 1120. The molecule has 0 aliphatic heterocycles. The first-order valence-corrected chi connectivity index (χ1v) is 10.4. The highest BCUT2D eigenvalue weighted by molar-refractivity contribution is 7.86. The van der Waals surface area contributed by atoms with Gasteiger partial charge in [-0.15, -0.1) is 10.2 Å². The van der Waals surface area contributed by atoms with Crippen molar-refractivity contribution in [3.8, 4) is 0 Å². The van der Waals surface area contributed by atoms with Gasteiger partial charge in [0.2, 0.25) is 9.47 Å². The lowest BCUT2D eigenvalue weighted by atomic mass is 10.0. The van der Waals surface area contributed by atoms with E-state index in [1.807, 2.05) is 66.7 Å². The van der Waals surface area contributed by atoms with Gasteiger partial charge in [-0.05, 0) is 22.4 Å². The van der Waals surface area contributed by atoms with Gasteiger partial charge in [0.05, 0.1) is 16.6 Å². The van der Waals surface area contributed by atoms with Gasteiger partial charge in [-0.1, -0.05) is 78.1 Å². The van der Waals surface area contributed by atoms with Gasteiger partial charge in [-0.25, -0.2) is 0 Å². The number of amides is 1. The summed E-state index contributed by atoms with van der Waals surface area (Å²) >= 11 is 1.13. The molecule has 1 amide bonds. The van der Waals surface area contributed by atoms with Crippen LogP contribution in [0.5, 0.6) is 0 Å². The molecule has 27 heavy (non-hydrogen) atoms. The summed E-state index contributed by atoms with van der Waals surface area (Å²) in [4.78, 5) is 12.7. The van der Waals surface area contributed by atoms with E-state index in [1.165, 1.54) is 0 Å². The summed E-state index contributed by atoms with van der Waals surface area (Å²) in [6, 6.07) is 22.8. The van der Waals surface area contributed by atoms with Crippen LogP contribution in [0.25, 0.3) is 10.8 Å². The van der Waals surface area contributed by atoms with Gasteiger partial charge in [0.15, 0.2) is 0 Å². The number of benzene rings is 3. The minimum atomic E-state index is -1.30. The van der Waals surface area contributed by atoms with Crippen LogP contribution in [0.2, 0.25) is 0 Å². The first kappa shape index (κ1) is 17.5. The predicted octanol–water partition coefficient (Wildman–Crippen LogP) is 4.25. The van der Waals surface area contributed by atoms with E-state index in [9.17, 15) is 9.00 Å². The lowest BCUT2D eigenvalue weighted by Crippen LogP contribution is -2.12. The van der Waals surface area contributed by atoms with Crippen LogP contribution in [-0.4, -0.2) is 20.3 Å². The van der Waals surface area contributed by atoms with Crippen molar-refractivity contribution in [3.63, 3.8) is 0 Å². The van der Waals surface area contributed by atoms with Crippen LogP contribution in [-0.2, 0) is 16.6 Å². The average Bonchev–Trinajstić information content (AvgIpc) is 3.17. The molecule has 1 aromatic heterocycles. The monoisotopic (exact) mass is 393 g/mol. The van der Waals surface area contributed by atoms with Crippen LogP contribution in [0.4, 0.5) is 5.13 Å². The first-order chi connectivity index (χ1) is 13.2. The van der Waals surface area contributed by atoms with Crippen LogP contribution in [0.1, 0.15) is 15.9 Å². The molecule has 0 fully saturated rings. The minimum absolute atomic E-state index is 0.261. The van der Waals surface area contributed by atoms with Crippen LogP contribution in [0, 0.1) is 0 Å². The molecule has 1 heterocycles. The predicted molar refractivity (Wildman–Crippen MR) is 108 cm³/mol. The van der Waals surface area contributed by atoms with E-state index in [-0.39, 0.29) is 5.91 Å². The largest absolute Gasteiger partial charge is 0.296 e. The highest BCUT2D eigenvalue weighted by Crippen LogP contribution is 2.23. The van der Waals surface area contributed by atoms with Crippen LogP contribution < -0.4 is 5.32 Å². The summed E-state index contributed by atoms with van der Waals surface area (Å²) in [6.07, 6.45) is 0. The summed E-state index contributed by atoms with van der Waals surface area (Å²) in [6.45, 7) is 0. The van der Waals surface area contributed by atoms with Gasteiger partial charge < -0.3 is 0 Å². The molecule has 7 heteroatoms. The second kappa shape index (κ2) is 7.77. The molecule has 0 spiro atoms. The number of nitrogens with zero attached hydrogens (tertiary/aromatic N) is 2. The summed E-state index contributed by atoms with van der Waals surface area (Å²) in [5.41, 5.74) is 1.53. The van der Waals surface area contributed by atoms with E-state index in [4.69, 9.17) is 0 Å². The highest BCUT2D eigenvalue weighted by Gasteiger charge is 2.15. The van der Waals surface area contributed by atoms with E-state index >= 15 is 0 Å². The van der Waals surface area contributed by atoms with E-state index in [2.05, 4.69) is 15.5 Å². The summed E-state index contributed by atoms with van der Waals surface area (Å²) in [5, 5.41) is 12.9. The summed E-state index contributed by atoms with van der Waals surface area (Å²) in [5.74, 6) is 0.107. The number of rotatable bonds is 5. The van der Waals surface area contributed by atoms with Gasteiger partial charge in [-0.3, -0.25) is 14.3 Å². The second-order valence-electron chi connectivity index (χ2n) is 5.83. The van der Waals surface area contributed by atoms with Crippen molar-refractivity contribution >= 4 is 43.9 Å². The Morgan fingerprint density at radius 1 is 0.926 bits per heavy atom. The second-order valence-corrected chi connectivity index (χ2v) is 8.43. The lowest BCUT2D eigenvalue weighted by Gasteiger charge is -2.05. The average molecular weight is 393 g/mol. The maximum atomic E-state index is 12.7. The third-order valence-corrected chi connectivity index (χ3v) is 6.50. The number of hydrogen-bond acceptors (Lipinski definition) is 5. The molecular weight excluding hydrogens is 378 g/mol. The van der Waals surface area contributed by atoms with Crippen molar-refractivity contribution in [2.45, 2.75) is 10.1 Å². The minimum Gasteiger partial charge on any atom is -0.296 e. The van der Waals surface area contributed by atoms with Crippen LogP contribution in [0.15, 0.2) is 77.1 Å². The fourth-order valence-electron chi connectivity index (χ4n) is 2.73. The third kappa shape index (κ3) is 3.94. The molecule has 0 radical (unpaired) electrons. The molecule has 3 aromatic carbocycles. The Balaban J connectivity index is 1.50. The Labute approximate surface area is 162 Å². The number of hydrogen-bond donors (Lipinski definition) is 1. The quantitative estimate of drug-likeness (QED) is 0.515.